The van der Waals surface area contributed by atoms with Crippen LogP contribution in [0.4, 0.5) is 4.79 Å². The fourth-order valence-corrected chi connectivity index (χ4v) is 4.17. The maximum absolute atomic E-state index is 11.8. The van der Waals surface area contributed by atoms with Gasteiger partial charge in [0, 0.05) is 19.1 Å². The number of ether oxygens (including phenoxy) is 2. The molecule has 0 spiro atoms. The number of hydrogen-bond acceptors (Lipinski definition) is 5. The molecule has 1 amide bonds. The highest BCUT2D eigenvalue weighted by atomic mass is 16.6. The van der Waals surface area contributed by atoms with E-state index in [9.17, 15) is 9.59 Å². The zero-order valence-corrected chi connectivity index (χ0v) is 23.2. The first kappa shape index (κ1) is 31.9. The molecular weight excluding hydrogens is 452 g/mol. The van der Waals surface area contributed by atoms with E-state index in [1.807, 2.05) is 0 Å². The van der Waals surface area contributed by atoms with Crippen LogP contribution in [-0.4, -0.2) is 44.4 Å². The molecule has 1 rings (SSSR count). The molecule has 0 saturated heterocycles. The number of carbonyl (C=O) groups is 2. The molecule has 0 aliphatic heterocycles. The standard InChI is InChI=1S/C30H52N2O4/c1-4-5-6-7-8-9-10-11-12-13-17-20-28(25-27-18-15-14-16-19-27)31-21-22-32-30(34)36-24-23-35-29(33)26(2)3/h14-16,18-19,26,28,31H,4-13,17,20-25H2,1-3H3,(H,32,34). The number of nitrogens with one attached hydrogen (secondary N) is 2. The van der Waals surface area contributed by atoms with Crippen LogP contribution in [0.2, 0.25) is 0 Å². The Balaban J connectivity index is 2.19. The summed E-state index contributed by atoms with van der Waals surface area (Å²) in [6.45, 7) is 7.14. The minimum atomic E-state index is -0.484. The van der Waals surface area contributed by atoms with E-state index < -0.39 is 6.09 Å². The summed E-state index contributed by atoms with van der Waals surface area (Å²) < 4.78 is 10.1. The van der Waals surface area contributed by atoms with Crippen molar-refractivity contribution in [1.82, 2.24) is 10.6 Å². The van der Waals surface area contributed by atoms with Crippen molar-refractivity contribution in [3.63, 3.8) is 0 Å². The lowest BCUT2D eigenvalue weighted by molar-refractivity contribution is -0.148. The number of benzene rings is 1. The molecule has 206 valence electrons. The number of esters is 1. The summed E-state index contributed by atoms with van der Waals surface area (Å²) >= 11 is 0. The van der Waals surface area contributed by atoms with Crippen molar-refractivity contribution in [2.24, 2.45) is 5.92 Å². The molecule has 0 aromatic heterocycles. The van der Waals surface area contributed by atoms with Gasteiger partial charge in [0.15, 0.2) is 0 Å². The average Bonchev–Trinajstić information content (AvgIpc) is 2.87. The van der Waals surface area contributed by atoms with Gasteiger partial charge in [0.2, 0.25) is 0 Å². The second-order valence-corrected chi connectivity index (χ2v) is 10.0. The van der Waals surface area contributed by atoms with Crippen molar-refractivity contribution in [2.45, 2.75) is 110 Å². The molecule has 1 atom stereocenters. The first-order valence-corrected chi connectivity index (χ1v) is 14.4. The Morgan fingerprint density at radius 2 is 1.36 bits per heavy atom. The number of amides is 1. The Labute approximate surface area is 220 Å². The summed E-state index contributed by atoms with van der Waals surface area (Å²) in [6.07, 6.45) is 16.5. The van der Waals surface area contributed by atoms with E-state index in [2.05, 4.69) is 47.9 Å². The molecule has 0 fully saturated rings. The second kappa shape index (κ2) is 22.1. The Kier molecular flexibility index (Phi) is 19.7. The number of unbranched alkanes of at least 4 members (excludes halogenated alkanes) is 10. The summed E-state index contributed by atoms with van der Waals surface area (Å²) in [5.74, 6) is -0.468. The summed E-state index contributed by atoms with van der Waals surface area (Å²) in [7, 11) is 0. The van der Waals surface area contributed by atoms with Gasteiger partial charge in [0.25, 0.3) is 0 Å². The summed E-state index contributed by atoms with van der Waals surface area (Å²) in [5.41, 5.74) is 1.33. The molecule has 0 bridgehead atoms. The highest BCUT2D eigenvalue weighted by molar-refractivity contribution is 5.71. The summed E-state index contributed by atoms with van der Waals surface area (Å²) in [6, 6.07) is 11.0. The van der Waals surface area contributed by atoms with Gasteiger partial charge in [-0.2, -0.15) is 0 Å². The molecule has 2 N–H and O–H groups in total. The second-order valence-electron chi connectivity index (χ2n) is 10.0. The van der Waals surface area contributed by atoms with Gasteiger partial charge in [-0.05, 0) is 18.4 Å². The van der Waals surface area contributed by atoms with Crippen LogP contribution < -0.4 is 10.6 Å². The topological polar surface area (TPSA) is 76.7 Å². The maximum Gasteiger partial charge on any atom is 0.407 e. The largest absolute Gasteiger partial charge is 0.462 e. The molecule has 1 aromatic carbocycles. The molecule has 1 unspecified atom stereocenters. The van der Waals surface area contributed by atoms with Crippen molar-refractivity contribution in [2.75, 3.05) is 26.3 Å². The molecule has 1 aromatic rings. The van der Waals surface area contributed by atoms with Gasteiger partial charge in [0.05, 0.1) is 5.92 Å². The highest BCUT2D eigenvalue weighted by Gasteiger charge is 2.11. The maximum atomic E-state index is 11.8. The SMILES string of the molecule is CCCCCCCCCCCCCC(Cc1ccccc1)NCCNC(=O)OCCOC(=O)C(C)C. The van der Waals surface area contributed by atoms with E-state index in [-0.39, 0.29) is 25.1 Å². The van der Waals surface area contributed by atoms with Crippen molar-refractivity contribution >= 4 is 12.1 Å². The first-order valence-electron chi connectivity index (χ1n) is 14.4. The van der Waals surface area contributed by atoms with Crippen LogP contribution in [-0.2, 0) is 20.7 Å². The Morgan fingerprint density at radius 1 is 0.778 bits per heavy atom. The van der Waals surface area contributed by atoms with Crippen LogP contribution in [0.3, 0.4) is 0 Å². The zero-order chi connectivity index (χ0) is 26.3. The number of carbonyl (C=O) groups excluding carboxylic acids is 2. The van der Waals surface area contributed by atoms with Gasteiger partial charge < -0.3 is 20.1 Å². The van der Waals surface area contributed by atoms with E-state index in [0.717, 1.165) is 12.8 Å². The predicted octanol–water partition coefficient (Wildman–Crippen LogP) is 6.81. The first-order chi connectivity index (χ1) is 17.5. The van der Waals surface area contributed by atoms with Crippen LogP contribution >= 0.6 is 0 Å². The normalized spacial score (nSPS) is 11.9. The summed E-state index contributed by atoms with van der Waals surface area (Å²) in [4.78, 5) is 23.2. The van der Waals surface area contributed by atoms with Crippen LogP contribution in [0.5, 0.6) is 0 Å². The quantitative estimate of drug-likeness (QED) is 0.134. The van der Waals surface area contributed by atoms with Gasteiger partial charge in [-0.25, -0.2) is 4.79 Å². The molecule has 0 aliphatic carbocycles. The minimum absolute atomic E-state index is 0.0627. The number of alkyl carbamates (subject to hydrolysis) is 1. The van der Waals surface area contributed by atoms with E-state index in [1.165, 1.54) is 76.2 Å². The molecule has 6 heteroatoms. The molecule has 36 heavy (non-hydrogen) atoms. The predicted molar refractivity (Wildman–Crippen MR) is 148 cm³/mol. The van der Waals surface area contributed by atoms with Crippen LogP contribution in [0.25, 0.3) is 0 Å². The van der Waals surface area contributed by atoms with Gasteiger partial charge in [-0.15, -0.1) is 0 Å². The van der Waals surface area contributed by atoms with E-state index >= 15 is 0 Å². The van der Waals surface area contributed by atoms with Crippen molar-refractivity contribution in [1.29, 1.82) is 0 Å². The molecule has 0 radical (unpaired) electrons. The molecule has 0 aliphatic rings. The Morgan fingerprint density at radius 3 is 1.97 bits per heavy atom. The zero-order valence-electron chi connectivity index (χ0n) is 23.2. The molecule has 0 saturated carbocycles. The third kappa shape index (κ3) is 18.2. The molecule has 0 heterocycles. The minimum Gasteiger partial charge on any atom is -0.462 e. The lowest BCUT2D eigenvalue weighted by Crippen LogP contribution is -2.38. The van der Waals surface area contributed by atoms with Gasteiger partial charge in [0.1, 0.15) is 13.2 Å². The lowest BCUT2D eigenvalue weighted by atomic mass is 9.99. The fraction of sp³-hybridized carbons (Fsp3) is 0.733. The van der Waals surface area contributed by atoms with Gasteiger partial charge >= 0.3 is 12.1 Å². The lowest BCUT2D eigenvalue weighted by Gasteiger charge is -2.19. The van der Waals surface area contributed by atoms with Gasteiger partial charge in [-0.3, -0.25) is 4.79 Å². The van der Waals surface area contributed by atoms with Crippen molar-refractivity contribution in [3.8, 4) is 0 Å². The molecular formula is C30H52N2O4. The average molecular weight is 505 g/mol. The van der Waals surface area contributed by atoms with E-state index in [1.54, 1.807) is 13.8 Å². The number of hydrogen-bond donors (Lipinski definition) is 2. The van der Waals surface area contributed by atoms with E-state index in [0.29, 0.717) is 19.1 Å². The fourth-order valence-electron chi connectivity index (χ4n) is 4.17. The van der Waals surface area contributed by atoms with Crippen molar-refractivity contribution < 1.29 is 19.1 Å². The number of rotatable bonds is 22. The van der Waals surface area contributed by atoms with Crippen LogP contribution in [0.15, 0.2) is 30.3 Å². The van der Waals surface area contributed by atoms with Crippen molar-refractivity contribution in [3.05, 3.63) is 35.9 Å². The Hall–Kier alpha value is -2.08. The van der Waals surface area contributed by atoms with Crippen LogP contribution in [0.1, 0.15) is 103 Å². The monoisotopic (exact) mass is 504 g/mol. The summed E-state index contributed by atoms with van der Waals surface area (Å²) in [5, 5.41) is 6.37. The highest BCUT2D eigenvalue weighted by Crippen LogP contribution is 2.14. The third-order valence-corrected chi connectivity index (χ3v) is 6.34. The molecule has 6 nitrogen and oxygen atoms in total. The third-order valence-electron chi connectivity index (χ3n) is 6.34. The smallest absolute Gasteiger partial charge is 0.407 e. The van der Waals surface area contributed by atoms with Crippen LogP contribution in [0, 0.1) is 5.92 Å². The van der Waals surface area contributed by atoms with Gasteiger partial charge in [-0.1, -0.05) is 122 Å². The Bertz CT molecular complexity index is 666. The van der Waals surface area contributed by atoms with E-state index in [4.69, 9.17) is 9.47 Å².